The number of hydrogen-bond donors (Lipinski definition) is 1. The molecule has 172 valence electrons. The van der Waals surface area contributed by atoms with Gasteiger partial charge in [0.15, 0.2) is 0 Å². The lowest BCUT2D eigenvalue weighted by Gasteiger charge is -2.11. The van der Waals surface area contributed by atoms with Gasteiger partial charge in [-0.3, -0.25) is 4.72 Å². The largest absolute Gasteiger partial charge is 0.462 e. The summed E-state index contributed by atoms with van der Waals surface area (Å²) in [4.78, 5) is 12.9. The Bertz CT molecular complexity index is 1210. The lowest BCUT2D eigenvalue weighted by atomic mass is 10.1. The molecule has 1 N–H and O–H groups in total. The van der Waals surface area contributed by atoms with Gasteiger partial charge < -0.3 is 9.15 Å². The molecule has 0 fully saturated rings. The summed E-state index contributed by atoms with van der Waals surface area (Å²) >= 11 is 0. The topological polar surface area (TPSA) is 85.6 Å². The highest BCUT2D eigenvalue weighted by molar-refractivity contribution is 7.92. The summed E-state index contributed by atoms with van der Waals surface area (Å²) in [6, 6.07) is 10.1. The number of carbonyl (C=O) groups excluding carboxylic acids is 1. The zero-order chi connectivity index (χ0) is 23.3. The molecule has 6 nitrogen and oxygen atoms in total. The number of carbonyl (C=O) groups is 1. The van der Waals surface area contributed by atoms with Crippen LogP contribution in [0.5, 0.6) is 0 Å². The van der Waals surface area contributed by atoms with Crippen molar-refractivity contribution in [3.05, 3.63) is 58.8 Å². The minimum Gasteiger partial charge on any atom is -0.462 e. The molecule has 32 heavy (non-hydrogen) atoms. The SMILES string of the molecule is CCCCCCCOC(=O)c1c(C)oc2ccc(NS(=O)(=O)c3ccc(C)cc3C)cc12. The standard InChI is InChI=1S/C25H31NO5S/c1-5-6-7-8-9-14-30-25(27)24-19(4)31-22-12-11-20(16-21(22)24)26-32(28,29)23-13-10-17(2)15-18(23)3/h10-13,15-16,26H,5-9,14H2,1-4H3. The molecule has 0 radical (unpaired) electrons. The second kappa shape index (κ2) is 10.2. The van der Waals surface area contributed by atoms with Crippen LogP contribution in [0.1, 0.15) is 66.3 Å². The lowest BCUT2D eigenvalue weighted by Crippen LogP contribution is -2.14. The first-order chi connectivity index (χ1) is 15.2. The van der Waals surface area contributed by atoms with Gasteiger partial charge in [0.05, 0.1) is 11.5 Å². The number of fused-ring (bicyclic) bond motifs is 1. The third-order valence-electron chi connectivity index (χ3n) is 5.42. The fourth-order valence-corrected chi connectivity index (χ4v) is 5.07. The second-order valence-electron chi connectivity index (χ2n) is 8.17. The van der Waals surface area contributed by atoms with E-state index in [-0.39, 0.29) is 4.90 Å². The number of furan rings is 1. The van der Waals surface area contributed by atoms with Crippen LogP contribution in [0.2, 0.25) is 0 Å². The summed E-state index contributed by atoms with van der Waals surface area (Å²) in [5.74, 6) is -0.00324. The predicted molar refractivity (Wildman–Crippen MR) is 127 cm³/mol. The Morgan fingerprint density at radius 1 is 1.00 bits per heavy atom. The smallest absolute Gasteiger partial charge is 0.342 e. The van der Waals surface area contributed by atoms with Crippen LogP contribution in [0.3, 0.4) is 0 Å². The highest BCUT2D eigenvalue weighted by atomic mass is 32.2. The minimum atomic E-state index is -3.78. The number of benzene rings is 2. The van der Waals surface area contributed by atoms with E-state index in [1.54, 1.807) is 44.2 Å². The van der Waals surface area contributed by atoms with E-state index in [0.29, 0.717) is 40.2 Å². The van der Waals surface area contributed by atoms with Crippen LogP contribution < -0.4 is 4.72 Å². The summed E-state index contributed by atoms with van der Waals surface area (Å²) < 4.78 is 39.6. The Kier molecular flexibility index (Phi) is 7.61. The van der Waals surface area contributed by atoms with Gasteiger partial charge in [-0.1, -0.05) is 50.3 Å². The van der Waals surface area contributed by atoms with Crippen molar-refractivity contribution in [1.29, 1.82) is 0 Å². The number of anilines is 1. The number of hydrogen-bond acceptors (Lipinski definition) is 5. The summed E-state index contributed by atoms with van der Waals surface area (Å²) in [7, 11) is -3.78. The highest BCUT2D eigenvalue weighted by Gasteiger charge is 2.22. The number of esters is 1. The van der Waals surface area contributed by atoms with Crippen molar-refractivity contribution in [2.45, 2.75) is 64.7 Å². The first-order valence-corrected chi connectivity index (χ1v) is 12.5. The molecular weight excluding hydrogens is 426 g/mol. The van der Waals surface area contributed by atoms with Gasteiger partial charge in [0.25, 0.3) is 10.0 Å². The summed E-state index contributed by atoms with van der Waals surface area (Å²) in [5.41, 5.74) is 2.85. The van der Waals surface area contributed by atoms with Crippen molar-refractivity contribution >= 4 is 32.6 Å². The first kappa shape index (κ1) is 23.9. The molecule has 0 aliphatic carbocycles. The summed E-state index contributed by atoms with van der Waals surface area (Å²) in [6.45, 7) is 7.90. The number of nitrogens with one attached hydrogen (secondary N) is 1. The number of unbranched alkanes of at least 4 members (excludes halogenated alkanes) is 4. The fraction of sp³-hybridized carbons (Fsp3) is 0.400. The van der Waals surface area contributed by atoms with Gasteiger partial charge in [0, 0.05) is 11.1 Å². The minimum absolute atomic E-state index is 0.217. The van der Waals surface area contributed by atoms with E-state index in [1.165, 1.54) is 6.42 Å². The Hall–Kier alpha value is -2.80. The average Bonchev–Trinajstić information content (AvgIpc) is 3.05. The van der Waals surface area contributed by atoms with Crippen molar-refractivity contribution in [1.82, 2.24) is 0 Å². The summed E-state index contributed by atoms with van der Waals surface area (Å²) in [5, 5.41) is 0.527. The van der Waals surface area contributed by atoms with Crippen LogP contribution >= 0.6 is 0 Å². The van der Waals surface area contributed by atoms with Gasteiger partial charge >= 0.3 is 5.97 Å². The molecule has 1 heterocycles. The van der Waals surface area contributed by atoms with Crippen LogP contribution in [0.25, 0.3) is 11.0 Å². The van der Waals surface area contributed by atoms with Crippen LogP contribution in [-0.2, 0) is 14.8 Å². The molecule has 0 saturated carbocycles. The normalized spacial score (nSPS) is 11.6. The van der Waals surface area contributed by atoms with Crippen molar-refractivity contribution in [3.8, 4) is 0 Å². The molecular formula is C25H31NO5S. The zero-order valence-corrected chi connectivity index (χ0v) is 20.0. The van der Waals surface area contributed by atoms with E-state index in [0.717, 1.165) is 31.2 Å². The molecule has 0 aliphatic heterocycles. The molecule has 0 amide bonds. The van der Waals surface area contributed by atoms with Crippen molar-refractivity contribution < 1.29 is 22.4 Å². The third kappa shape index (κ3) is 5.51. The molecule has 0 saturated heterocycles. The van der Waals surface area contributed by atoms with Crippen molar-refractivity contribution in [2.75, 3.05) is 11.3 Å². The third-order valence-corrected chi connectivity index (χ3v) is 6.96. The Morgan fingerprint density at radius 3 is 2.47 bits per heavy atom. The monoisotopic (exact) mass is 457 g/mol. The van der Waals surface area contributed by atoms with E-state index in [4.69, 9.17) is 9.15 Å². The van der Waals surface area contributed by atoms with E-state index in [2.05, 4.69) is 11.6 Å². The van der Waals surface area contributed by atoms with Crippen LogP contribution in [0.15, 0.2) is 45.7 Å². The van der Waals surface area contributed by atoms with E-state index >= 15 is 0 Å². The molecule has 3 aromatic rings. The van der Waals surface area contributed by atoms with Gasteiger partial charge in [-0.25, -0.2) is 13.2 Å². The summed E-state index contributed by atoms with van der Waals surface area (Å²) in [6.07, 6.45) is 5.32. The highest BCUT2D eigenvalue weighted by Crippen LogP contribution is 2.30. The number of rotatable bonds is 10. The maximum absolute atomic E-state index is 12.9. The first-order valence-electron chi connectivity index (χ1n) is 11.0. The van der Waals surface area contributed by atoms with Crippen molar-refractivity contribution in [2.24, 2.45) is 0 Å². The lowest BCUT2D eigenvalue weighted by molar-refractivity contribution is 0.0497. The Morgan fingerprint density at radius 2 is 1.75 bits per heavy atom. The van der Waals surface area contributed by atoms with E-state index < -0.39 is 16.0 Å². The van der Waals surface area contributed by atoms with Crippen LogP contribution in [-0.4, -0.2) is 21.0 Å². The molecule has 3 rings (SSSR count). The molecule has 2 aromatic carbocycles. The quantitative estimate of drug-likeness (QED) is 0.286. The maximum Gasteiger partial charge on any atom is 0.342 e. The van der Waals surface area contributed by atoms with E-state index in [1.807, 2.05) is 13.0 Å². The number of ether oxygens (including phenoxy) is 1. The molecule has 0 spiro atoms. The van der Waals surface area contributed by atoms with E-state index in [9.17, 15) is 13.2 Å². The van der Waals surface area contributed by atoms with Gasteiger partial charge in [-0.2, -0.15) is 0 Å². The van der Waals surface area contributed by atoms with Gasteiger partial charge in [0.1, 0.15) is 16.9 Å². The van der Waals surface area contributed by atoms with Gasteiger partial charge in [-0.15, -0.1) is 0 Å². The number of sulfonamides is 1. The molecule has 0 bridgehead atoms. The predicted octanol–water partition coefficient (Wildman–Crippen LogP) is 6.29. The fourth-order valence-electron chi connectivity index (χ4n) is 3.79. The number of aryl methyl sites for hydroxylation is 3. The second-order valence-corrected chi connectivity index (χ2v) is 9.82. The van der Waals surface area contributed by atoms with Crippen LogP contribution in [0.4, 0.5) is 5.69 Å². The molecule has 0 unspecified atom stereocenters. The molecule has 1 aromatic heterocycles. The Balaban J connectivity index is 1.80. The van der Waals surface area contributed by atoms with Crippen molar-refractivity contribution in [3.63, 3.8) is 0 Å². The molecule has 0 atom stereocenters. The Labute approximate surface area is 190 Å². The molecule has 0 aliphatic rings. The maximum atomic E-state index is 12.9. The van der Waals surface area contributed by atoms with Crippen LogP contribution in [0, 0.1) is 20.8 Å². The average molecular weight is 458 g/mol. The zero-order valence-electron chi connectivity index (χ0n) is 19.2. The molecule has 7 heteroatoms. The van der Waals surface area contributed by atoms with Gasteiger partial charge in [0.2, 0.25) is 0 Å². The van der Waals surface area contributed by atoms with Gasteiger partial charge in [-0.05, 0) is 57.0 Å².